The topological polar surface area (TPSA) is 105 Å². The lowest BCUT2D eigenvalue weighted by Crippen LogP contribution is -2.34. The third-order valence-corrected chi connectivity index (χ3v) is 3.06. The van der Waals surface area contributed by atoms with Gasteiger partial charge in [-0.1, -0.05) is 0 Å². The highest BCUT2D eigenvalue weighted by molar-refractivity contribution is 5.11. The molecule has 1 fully saturated rings. The first kappa shape index (κ1) is 13.2. The molecule has 0 amide bonds. The fourth-order valence-electron chi connectivity index (χ4n) is 2.06. The average Bonchev–Trinajstić information content (AvgIpc) is 2.69. The second-order valence-electron chi connectivity index (χ2n) is 4.21. The monoisotopic (exact) mass is 256 g/mol. The van der Waals surface area contributed by atoms with E-state index in [1.807, 2.05) is 0 Å². The molecule has 18 heavy (non-hydrogen) atoms. The summed E-state index contributed by atoms with van der Waals surface area (Å²) in [6.07, 6.45) is -1.45. The molecule has 4 atom stereocenters. The van der Waals surface area contributed by atoms with E-state index in [4.69, 9.17) is 14.6 Å². The maximum Gasteiger partial charge on any atom is 0.269 e. The summed E-state index contributed by atoms with van der Waals surface area (Å²) in [4.78, 5) is 17.9. The van der Waals surface area contributed by atoms with E-state index in [9.17, 15) is 9.90 Å². The number of hydrogen-bond acceptors (Lipinski definition) is 6. The van der Waals surface area contributed by atoms with Crippen molar-refractivity contribution in [1.82, 2.24) is 9.97 Å². The molecule has 1 aliphatic heterocycles. The van der Waals surface area contributed by atoms with Gasteiger partial charge in [-0.15, -0.1) is 0 Å². The lowest BCUT2D eigenvalue weighted by Gasteiger charge is -2.18. The number of rotatable bonds is 3. The number of nitrogens with zero attached hydrogens (tertiary/aromatic N) is 1. The highest BCUT2D eigenvalue weighted by Gasteiger charge is 2.45. The molecule has 1 unspecified atom stereocenters. The Labute approximate surface area is 103 Å². The molecule has 1 aromatic heterocycles. The van der Waals surface area contributed by atoms with Crippen LogP contribution >= 0.6 is 0 Å². The molecule has 0 spiro atoms. The molecule has 7 nitrogen and oxygen atoms in total. The van der Waals surface area contributed by atoms with Crippen molar-refractivity contribution in [3.05, 3.63) is 27.9 Å². The van der Waals surface area contributed by atoms with E-state index in [1.54, 1.807) is 6.92 Å². The summed E-state index contributed by atoms with van der Waals surface area (Å²) < 4.78 is 10.7. The SMILES string of the molecule is CO[C@H]1C(O)[C@@H](CO)O[C@H]1c1c[nH]c(=O)c(C)n1. The number of aliphatic hydroxyl groups is 2. The van der Waals surface area contributed by atoms with Crippen LogP contribution in [0, 0.1) is 6.92 Å². The Hall–Kier alpha value is -1.28. The van der Waals surface area contributed by atoms with Crippen molar-refractivity contribution >= 4 is 0 Å². The van der Waals surface area contributed by atoms with Crippen LogP contribution in [-0.2, 0) is 9.47 Å². The number of H-pyrrole nitrogens is 1. The number of methoxy groups -OCH3 is 1. The van der Waals surface area contributed by atoms with Gasteiger partial charge in [-0.3, -0.25) is 4.79 Å². The van der Waals surface area contributed by atoms with Crippen molar-refractivity contribution in [2.75, 3.05) is 13.7 Å². The average molecular weight is 256 g/mol. The molecule has 2 rings (SSSR count). The van der Waals surface area contributed by atoms with Crippen LogP contribution in [0.4, 0.5) is 0 Å². The van der Waals surface area contributed by atoms with Gasteiger partial charge >= 0.3 is 0 Å². The normalized spacial score (nSPS) is 31.8. The van der Waals surface area contributed by atoms with Gasteiger partial charge in [0.2, 0.25) is 0 Å². The Balaban J connectivity index is 2.31. The third-order valence-electron chi connectivity index (χ3n) is 3.06. The predicted molar refractivity (Wildman–Crippen MR) is 61.1 cm³/mol. The lowest BCUT2D eigenvalue weighted by atomic mass is 10.1. The van der Waals surface area contributed by atoms with Gasteiger partial charge in [-0.05, 0) is 6.92 Å². The maximum atomic E-state index is 11.2. The van der Waals surface area contributed by atoms with E-state index in [0.29, 0.717) is 11.4 Å². The molecule has 3 N–H and O–H groups in total. The van der Waals surface area contributed by atoms with Crippen LogP contribution in [0.2, 0.25) is 0 Å². The van der Waals surface area contributed by atoms with Gasteiger partial charge in [0, 0.05) is 13.3 Å². The van der Waals surface area contributed by atoms with Gasteiger partial charge < -0.3 is 24.7 Å². The summed E-state index contributed by atoms with van der Waals surface area (Å²) in [5, 5.41) is 19.0. The molecule has 1 aromatic rings. The van der Waals surface area contributed by atoms with Crippen molar-refractivity contribution in [2.45, 2.75) is 31.3 Å². The van der Waals surface area contributed by atoms with Gasteiger partial charge in [-0.2, -0.15) is 0 Å². The van der Waals surface area contributed by atoms with Crippen LogP contribution < -0.4 is 5.56 Å². The first-order valence-electron chi connectivity index (χ1n) is 5.62. The summed E-state index contributed by atoms with van der Waals surface area (Å²) in [5.41, 5.74) is 0.506. The summed E-state index contributed by atoms with van der Waals surface area (Å²) >= 11 is 0. The molecular weight excluding hydrogens is 240 g/mol. The van der Waals surface area contributed by atoms with Crippen LogP contribution in [0.3, 0.4) is 0 Å². The van der Waals surface area contributed by atoms with Gasteiger partial charge in [0.25, 0.3) is 5.56 Å². The fourth-order valence-corrected chi connectivity index (χ4v) is 2.06. The zero-order valence-electron chi connectivity index (χ0n) is 10.2. The Morgan fingerprint density at radius 1 is 1.61 bits per heavy atom. The largest absolute Gasteiger partial charge is 0.394 e. The minimum atomic E-state index is -0.931. The van der Waals surface area contributed by atoms with E-state index < -0.39 is 24.4 Å². The minimum absolute atomic E-state index is 0.273. The summed E-state index contributed by atoms with van der Waals surface area (Å²) in [6, 6.07) is 0. The number of aryl methyl sites for hydroxylation is 1. The molecule has 0 radical (unpaired) electrons. The number of aliphatic hydroxyl groups excluding tert-OH is 2. The number of aromatic amines is 1. The van der Waals surface area contributed by atoms with Gasteiger partial charge in [0.15, 0.2) is 0 Å². The van der Waals surface area contributed by atoms with Crippen LogP contribution in [-0.4, -0.2) is 52.2 Å². The Bertz CT molecular complexity index is 475. The van der Waals surface area contributed by atoms with Gasteiger partial charge in [-0.25, -0.2) is 4.98 Å². The summed E-state index contributed by atoms with van der Waals surface area (Å²) in [6.45, 7) is 1.28. The number of ether oxygens (including phenoxy) is 2. The second kappa shape index (κ2) is 5.15. The zero-order chi connectivity index (χ0) is 13.3. The Morgan fingerprint density at radius 3 is 2.89 bits per heavy atom. The molecule has 1 saturated heterocycles. The molecule has 7 heteroatoms. The first-order valence-corrected chi connectivity index (χ1v) is 5.62. The molecule has 0 aliphatic carbocycles. The van der Waals surface area contributed by atoms with E-state index in [2.05, 4.69) is 9.97 Å². The van der Waals surface area contributed by atoms with Crippen molar-refractivity contribution in [1.29, 1.82) is 0 Å². The summed E-state index contributed by atoms with van der Waals surface area (Å²) in [7, 11) is 1.45. The molecule has 2 heterocycles. The number of hydrogen-bond donors (Lipinski definition) is 3. The predicted octanol–water partition coefficient (Wildman–Crippen LogP) is -1.11. The first-order chi connectivity index (χ1) is 8.58. The van der Waals surface area contributed by atoms with Gasteiger partial charge in [0.1, 0.15) is 30.1 Å². The number of aromatic nitrogens is 2. The van der Waals surface area contributed by atoms with E-state index >= 15 is 0 Å². The maximum absolute atomic E-state index is 11.2. The van der Waals surface area contributed by atoms with Crippen LogP contribution in [0.15, 0.2) is 11.0 Å². The van der Waals surface area contributed by atoms with E-state index in [-0.39, 0.29) is 12.2 Å². The molecule has 0 saturated carbocycles. The van der Waals surface area contributed by atoms with Crippen molar-refractivity contribution < 1.29 is 19.7 Å². The summed E-state index contributed by atoms with van der Waals surface area (Å²) in [5.74, 6) is 0. The Kier molecular flexibility index (Phi) is 3.76. The Morgan fingerprint density at radius 2 is 2.33 bits per heavy atom. The quantitative estimate of drug-likeness (QED) is 0.633. The zero-order valence-corrected chi connectivity index (χ0v) is 10.2. The number of nitrogens with one attached hydrogen (secondary N) is 1. The molecule has 100 valence electrons. The third kappa shape index (κ3) is 2.17. The van der Waals surface area contributed by atoms with E-state index in [1.165, 1.54) is 13.3 Å². The van der Waals surface area contributed by atoms with Crippen LogP contribution in [0.25, 0.3) is 0 Å². The smallest absolute Gasteiger partial charge is 0.269 e. The van der Waals surface area contributed by atoms with Crippen molar-refractivity contribution in [2.24, 2.45) is 0 Å². The highest BCUT2D eigenvalue weighted by Crippen LogP contribution is 2.33. The fraction of sp³-hybridized carbons (Fsp3) is 0.636. The standard InChI is InChI=1S/C11H16N2O5/c1-5-11(16)12-3-6(13-5)9-10(17-2)8(15)7(4-14)18-9/h3,7-10,14-15H,4H2,1-2H3,(H,12,16)/t7-,8?,9+,10+/m1/s1. The van der Waals surface area contributed by atoms with Crippen molar-refractivity contribution in [3.8, 4) is 0 Å². The molecular formula is C11H16N2O5. The van der Waals surface area contributed by atoms with E-state index in [0.717, 1.165) is 0 Å². The molecule has 0 aromatic carbocycles. The van der Waals surface area contributed by atoms with Crippen LogP contribution in [0.1, 0.15) is 17.5 Å². The lowest BCUT2D eigenvalue weighted by molar-refractivity contribution is -0.0251. The van der Waals surface area contributed by atoms with Crippen molar-refractivity contribution in [3.63, 3.8) is 0 Å². The van der Waals surface area contributed by atoms with Gasteiger partial charge in [0.05, 0.1) is 12.3 Å². The minimum Gasteiger partial charge on any atom is -0.394 e. The molecule has 0 bridgehead atoms. The molecule has 1 aliphatic rings. The van der Waals surface area contributed by atoms with Crippen LogP contribution in [0.5, 0.6) is 0 Å². The highest BCUT2D eigenvalue weighted by atomic mass is 16.6. The second-order valence-corrected chi connectivity index (χ2v) is 4.21.